The Kier molecular flexibility index (Phi) is 5.75. The minimum atomic E-state index is -0.296. The van der Waals surface area contributed by atoms with Crippen molar-refractivity contribution in [2.45, 2.75) is 12.8 Å². The number of oxazole rings is 1. The number of nitrogens with one attached hydrogen (secondary N) is 1. The van der Waals surface area contributed by atoms with E-state index in [0.717, 1.165) is 11.3 Å². The van der Waals surface area contributed by atoms with Gasteiger partial charge in [0.15, 0.2) is 11.5 Å². The van der Waals surface area contributed by atoms with Crippen LogP contribution in [0.5, 0.6) is 5.75 Å². The molecule has 0 saturated carbocycles. The number of carbonyl (C=O) groups is 1. The Balaban J connectivity index is 1.42. The van der Waals surface area contributed by atoms with Gasteiger partial charge >= 0.3 is 0 Å². The first kappa shape index (κ1) is 19.6. The highest BCUT2D eigenvalue weighted by atomic mass is 19.1. The third kappa shape index (κ3) is 4.33. The SMILES string of the molecule is COc1ccccc1CCNC(=O)c1ccc2nc(Cc3ccccc3F)oc2c1. The first-order valence-electron chi connectivity index (χ1n) is 9.67. The molecule has 1 aromatic heterocycles. The summed E-state index contributed by atoms with van der Waals surface area (Å²) >= 11 is 0. The summed E-state index contributed by atoms with van der Waals surface area (Å²) in [7, 11) is 1.63. The van der Waals surface area contributed by atoms with Crippen LogP contribution in [0.15, 0.2) is 71.1 Å². The van der Waals surface area contributed by atoms with Gasteiger partial charge in [0.25, 0.3) is 5.91 Å². The highest BCUT2D eigenvalue weighted by Crippen LogP contribution is 2.21. The number of halogens is 1. The quantitative estimate of drug-likeness (QED) is 0.491. The van der Waals surface area contributed by atoms with E-state index in [1.807, 2.05) is 24.3 Å². The Morgan fingerprint density at radius 2 is 1.83 bits per heavy atom. The van der Waals surface area contributed by atoms with E-state index in [0.29, 0.717) is 41.1 Å². The Labute approximate surface area is 173 Å². The maximum Gasteiger partial charge on any atom is 0.251 e. The number of rotatable bonds is 7. The molecule has 1 amide bonds. The standard InChI is InChI=1S/C24H21FN2O3/c1-29-21-9-5-3-6-16(21)12-13-26-24(28)18-10-11-20-22(14-18)30-23(27-20)15-17-7-2-4-8-19(17)25/h2-11,14H,12-13,15H2,1H3,(H,26,28). The molecule has 1 N–H and O–H groups in total. The van der Waals surface area contributed by atoms with Gasteiger partial charge in [-0.05, 0) is 47.9 Å². The molecule has 0 radical (unpaired) electrons. The van der Waals surface area contributed by atoms with E-state index in [1.165, 1.54) is 6.07 Å². The van der Waals surface area contributed by atoms with E-state index in [-0.39, 0.29) is 18.1 Å². The summed E-state index contributed by atoms with van der Waals surface area (Å²) in [6.45, 7) is 0.478. The lowest BCUT2D eigenvalue weighted by atomic mass is 10.1. The summed E-state index contributed by atoms with van der Waals surface area (Å²) < 4.78 is 24.9. The summed E-state index contributed by atoms with van der Waals surface area (Å²) in [5.74, 6) is 0.717. The van der Waals surface area contributed by atoms with E-state index >= 15 is 0 Å². The molecule has 30 heavy (non-hydrogen) atoms. The molecule has 0 aliphatic heterocycles. The second-order valence-corrected chi connectivity index (χ2v) is 6.88. The Morgan fingerprint density at radius 3 is 2.63 bits per heavy atom. The second kappa shape index (κ2) is 8.78. The number of methoxy groups -OCH3 is 1. The summed E-state index contributed by atoms with van der Waals surface area (Å²) in [5, 5.41) is 2.91. The maximum absolute atomic E-state index is 13.9. The number of hydrogen-bond donors (Lipinski definition) is 1. The lowest BCUT2D eigenvalue weighted by Gasteiger charge is -2.09. The Bertz CT molecular complexity index is 1190. The molecule has 6 heteroatoms. The number of aromatic nitrogens is 1. The first-order chi connectivity index (χ1) is 14.6. The van der Waals surface area contributed by atoms with Gasteiger partial charge < -0.3 is 14.5 Å². The fraction of sp³-hybridized carbons (Fsp3) is 0.167. The van der Waals surface area contributed by atoms with Crippen LogP contribution in [0.3, 0.4) is 0 Å². The lowest BCUT2D eigenvalue weighted by Crippen LogP contribution is -2.25. The molecule has 3 aromatic carbocycles. The molecular weight excluding hydrogens is 383 g/mol. The van der Waals surface area contributed by atoms with Crippen molar-refractivity contribution in [3.05, 3.63) is 95.1 Å². The highest BCUT2D eigenvalue weighted by Gasteiger charge is 2.13. The number of amides is 1. The fourth-order valence-corrected chi connectivity index (χ4v) is 3.32. The molecule has 1 heterocycles. The Hall–Kier alpha value is -3.67. The zero-order chi connectivity index (χ0) is 20.9. The van der Waals surface area contributed by atoms with Crippen LogP contribution in [0.25, 0.3) is 11.1 Å². The summed E-state index contributed by atoms with van der Waals surface area (Å²) in [6.07, 6.45) is 0.912. The largest absolute Gasteiger partial charge is 0.496 e. The van der Waals surface area contributed by atoms with Crippen LogP contribution < -0.4 is 10.1 Å². The van der Waals surface area contributed by atoms with Crippen molar-refractivity contribution in [1.82, 2.24) is 10.3 Å². The number of ether oxygens (including phenoxy) is 1. The molecule has 5 nitrogen and oxygen atoms in total. The average molecular weight is 404 g/mol. The zero-order valence-electron chi connectivity index (χ0n) is 16.5. The van der Waals surface area contributed by atoms with Crippen LogP contribution in [-0.2, 0) is 12.8 Å². The van der Waals surface area contributed by atoms with Gasteiger partial charge in [-0.2, -0.15) is 0 Å². The zero-order valence-corrected chi connectivity index (χ0v) is 16.5. The van der Waals surface area contributed by atoms with Crippen LogP contribution >= 0.6 is 0 Å². The predicted octanol–water partition coefficient (Wildman–Crippen LogP) is 4.54. The number of para-hydroxylation sites is 1. The minimum Gasteiger partial charge on any atom is -0.496 e. The van der Waals surface area contributed by atoms with Crippen molar-refractivity contribution in [2.24, 2.45) is 0 Å². The molecule has 0 atom stereocenters. The summed E-state index contributed by atoms with van der Waals surface area (Å²) in [5.41, 5.74) is 3.16. The maximum atomic E-state index is 13.9. The monoisotopic (exact) mass is 404 g/mol. The van der Waals surface area contributed by atoms with Crippen LogP contribution in [0, 0.1) is 5.82 Å². The van der Waals surface area contributed by atoms with Gasteiger partial charge in [-0.1, -0.05) is 36.4 Å². The smallest absolute Gasteiger partial charge is 0.251 e. The number of fused-ring (bicyclic) bond motifs is 1. The van der Waals surface area contributed by atoms with Crippen molar-refractivity contribution >= 4 is 17.0 Å². The van der Waals surface area contributed by atoms with E-state index in [2.05, 4.69) is 10.3 Å². The summed E-state index contributed by atoms with van der Waals surface area (Å²) in [4.78, 5) is 16.9. The van der Waals surface area contributed by atoms with Gasteiger partial charge in [-0.15, -0.1) is 0 Å². The topological polar surface area (TPSA) is 64.4 Å². The molecule has 152 valence electrons. The van der Waals surface area contributed by atoms with E-state index in [9.17, 15) is 9.18 Å². The van der Waals surface area contributed by atoms with Crippen molar-refractivity contribution in [2.75, 3.05) is 13.7 Å². The third-order valence-electron chi connectivity index (χ3n) is 4.87. The molecule has 4 rings (SSSR count). The van der Waals surface area contributed by atoms with E-state index in [4.69, 9.17) is 9.15 Å². The molecule has 0 unspecified atom stereocenters. The van der Waals surface area contributed by atoms with Gasteiger partial charge in [0.1, 0.15) is 17.1 Å². The van der Waals surface area contributed by atoms with Crippen molar-refractivity contribution < 1.29 is 18.3 Å². The average Bonchev–Trinajstić information content (AvgIpc) is 3.17. The molecule has 4 aromatic rings. The normalized spacial score (nSPS) is 10.9. The molecule has 0 aliphatic rings. The first-order valence-corrected chi connectivity index (χ1v) is 9.67. The van der Waals surface area contributed by atoms with Crippen LogP contribution in [0.1, 0.15) is 27.4 Å². The lowest BCUT2D eigenvalue weighted by molar-refractivity contribution is 0.0954. The van der Waals surface area contributed by atoms with E-state index in [1.54, 1.807) is 43.5 Å². The van der Waals surface area contributed by atoms with Gasteiger partial charge in [0.2, 0.25) is 0 Å². The molecular formula is C24H21FN2O3. The van der Waals surface area contributed by atoms with Crippen molar-refractivity contribution in [1.29, 1.82) is 0 Å². The van der Waals surface area contributed by atoms with Gasteiger partial charge in [0, 0.05) is 12.1 Å². The van der Waals surface area contributed by atoms with Crippen molar-refractivity contribution in [3.63, 3.8) is 0 Å². The number of nitrogens with zero attached hydrogens (tertiary/aromatic N) is 1. The molecule has 0 spiro atoms. The number of carbonyl (C=O) groups excluding carboxylic acids is 1. The van der Waals surface area contributed by atoms with Gasteiger partial charge in [0.05, 0.1) is 13.5 Å². The summed E-state index contributed by atoms with van der Waals surface area (Å²) in [6, 6.07) is 19.3. The molecule has 0 fully saturated rings. The predicted molar refractivity (Wildman–Crippen MR) is 112 cm³/mol. The highest BCUT2D eigenvalue weighted by molar-refractivity contribution is 5.97. The molecule has 0 saturated heterocycles. The van der Waals surface area contributed by atoms with Crippen LogP contribution in [0.2, 0.25) is 0 Å². The third-order valence-corrected chi connectivity index (χ3v) is 4.87. The number of benzene rings is 3. The van der Waals surface area contributed by atoms with Crippen LogP contribution in [0.4, 0.5) is 4.39 Å². The van der Waals surface area contributed by atoms with Crippen molar-refractivity contribution in [3.8, 4) is 5.75 Å². The van der Waals surface area contributed by atoms with Crippen LogP contribution in [-0.4, -0.2) is 24.5 Å². The fourth-order valence-electron chi connectivity index (χ4n) is 3.32. The van der Waals surface area contributed by atoms with Gasteiger partial charge in [-0.25, -0.2) is 9.37 Å². The van der Waals surface area contributed by atoms with Gasteiger partial charge in [-0.3, -0.25) is 4.79 Å². The number of hydrogen-bond acceptors (Lipinski definition) is 4. The molecule has 0 aliphatic carbocycles. The van der Waals surface area contributed by atoms with E-state index < -0.39 is 0 Å². The molecule has 0 bridgehead atoms. The second-order valence-electron chi connectivity index (χ2n) is 6.88. The Morgan fingerprint density at radius 1 is 1.07 bits per heavy atom. The minimum absolute atomic E-state index is 0.196.